The zero-order chi connectivity index (χ0) is 14.8. The maximum absolute atomic E-state index is 13.6. The summed E-state index contributed by atoms with van der Waals surface area (Å²) in [5.41, 5.74) is 0.740. The molecular formula is C14H19ClF4N2. The fourth-order valence-corrected chi connectivity index (χ4v) is 2.63. The van der Waals surface area contributed by atoms with E-state index in [1.165, 1.54) is 19.1 Å². The predicted molar refractivity (Wildman–Crippen MR) is 76.2 cm³/mol. The molecule has 120 valence electrons. The third kappa shape index (κ3) is 4.83. The summed E-state index contributed by atoms with van der Waals surface area (Å²) in [7, 11) is 0. The molecule has 0 radical (unpaired) electrons. The first-order valence-corrected chi connectivity index (χ1v) is 6.65. The Kier molecular flexibility index (Phi) is 6.43. The highest BCUT2D eigenvalue weighted by Gasteiger charge is 2.36. The average molecular weight is 327 g/mol. The van der Waals surface area contributed by atoms with Crippen LogP contribution in [0.4, 0.5) is 17.6 Å². The molecule has 1 aliphatic heterocycles. The van der Waals surface area contributed by atoms with Gasteiger partial charge in [-0.3, -0.25) is 4.90 Å². The third-order valence-corrected chi connectivity index (χ3v) is 3.69. The van der Waals surface area contributed by atoms with Crippen LogP contribution in [0.25, 0.3) is 0 Å². The Morgan fingerprint density at radius 1 is 1.24 bits per heavy atom. The van der Waals surface area contributed by atoms with Crippen molar-refractivity contribution in [2.45, 2.75) is 25.6 Å². The molecule has 2 nitrogen and oxygen atoms in total. The third-order valence-electron chi connectivity index (χ3n) is 3.69. The molecule has 0 spiro atoms. The number of piperazine rings is 1. The monoisotopic (exact) mass is 326 g/mol. The van der Waals surface area contributed by atoms with Gasteiger partial charge in [-0.2, -0.15) is 13.2 Å². The fourth-order valence-electron chi connectivity index (χ4n) is 2.63. The number of halogens is 5. The van der Waals surface area contributed by atoms with E-state index in [2.05, 4.69) is 5.32 Å². The Morgan fingerprint density at radius 3 is 2.43 bits per heavy atom. The van der Waals surface area contributed by atoms with Crippen molar-refractivity contribution >= 4 is 12.4 Å². The lowest BCUT2D eigenvalue weighted by Crippen LogP contribution is -2.46. The van der Waals surface area contributed by atoms with E-state index in [1.54, 1.807) is 11.0 Å². The van der Waals surface area contributed by atoms with E-state index in [0.717, 1.165) is 0 Å². The van der Waals surface area contributed by atoms with Gasteiger partial charge in [0.05, 0.1) is 6.42 Å². The lowest BCUT2D eigenvalue weighted by molar-refractivity contribution is -0.148. The Balaban J connectivity index is 0.00000220. The zero-order valence-electron chi connectivity index (χ0n) is 11.7. The molecule has 0 aliphatic carbocycles. The van der Waals surface area contributed by atoms with E-state index in [4.69, 9.17) is 0 Å². The number of nitrogens with zero attached hydrogens (tertiary/aromatic N) is 1. The molecule has 1 saturated heterocycles. The van der Waals surface area contributed by atoms with Gasteiger partial charge in [0.15, 0.2) is 0 Å². The molecule has 1 aromatic carbocycles. The van der Waals surface area contributed by atoms with Crippen molar-refractivity contribution in [1.29, 1.82) is 0 Å². The van der Waals surface area contributed by atoms with E-state index in [-0.39, 0.29) is 12.4 Å². The van der Waals surface area contributed by atoms with Crippen LogP contribution in [-0.4, -0.2) is 37.3 Å². The molecular weight excluding hydrogens is 308 g/mol. The average Bonchev–Trinajstić information content (AvgIpc) is 2.40. The van der Waals surface area contributed by atoms with Gasteiger partial charge in [0.2, 0.25) is 0 Å². The number of hydrogen-bond donors (Lipinski definition) is 1. The molecule has 0 bridgehead atoms. The van der Waals surface area contributed by atoms with Crippen molar-refractivity contribution in [1.82, 2.24) is 10.2 Å². The molecule has 0 saturated carbocycles. The molecule has 0 aromatic heterocycles. The van der Waals surface area contributed by atoms with Crippen LogP contribution in [0.15, 0.2) is 18.2 Å². The first-order chi connectivity index (χ1) is 9.38. The molecule has 1 fully saturated rings. The first kappa shape index (κ1) is 18.2. The molecule has 0 amide bonds. The summed E-state index contributed by atoms with van der Waals surface area (Å²) < 4.78 is 52.2. The van der Waals surface area contributed by atoms with Crippen molar-refractivity contribution in [3.63, 3.8) is 0 Å². The van der Waals surface area contributed by atoms with Gasteiger partial charge in [-0.15, -0.1) is 12.4 Å². The molecule has 1 aliphatic rings. The van der Waals surface area contributed by atoms with Crippen molar-refractivity contribution < 1.29 is 17.6 Å². The topological polar surface area (TPSA) is 15.3 Å². The summed E-state index contributed by atoms with van der Waals surface area (Å²) in [5, 5.41) is 3.11. The van der Waals surface area contributed by atoms with Crippen LogP contribution in [0, 0.1) is 12.7 Å². The summed E-state index contributed by atoms with van der Waals surface area (Å²) in [6, 6.07) is 3.54. The number of rotatable bonds is 3. The fraction of sp³-hybridized carbons (Fsp3) is 0.571. The minimum absolute atomic E-state index is 0. The zero-order valence-corrected chi connectivity index (χ0v) is 12.5. The lowest BCUT2D eigenvalue weighted by atomic mass is 9.96. The van der Waals surface area contributed by atoms with Crippen LogP contribution < -0.4 is 5.32 Å². The van der Waals surface area contributed by atoms with Crippen LogP contribution in [-0.2, 0) is 0 Å². The van der Waals surface area contributed by atoms with Crippen molar-refractivity contribution in [2.24, 2.45) is 0 Å². The standard InChI is InChI=1S/C14H18F4N2.ClH/c1-10-11(3-2-4-12(10)15)13(9-14(16,17)18)20-7-5-19-6-8-20;/h2-4,13,19H,5-9H2,1H3;1H/t13-;/m1./s1. The molecule has 1 heterocycles. The van der Waals surface area contributed by atoms with Crippen LogP contribution in [0.5, 0.6) is 0 Å². The highest BCUT2D eigenvalue weighted by molar-refractivity contribution is 5.85. The van der Waals surface area contributed by atoms with Crippen LogP contribution in [0.3, 0.4) is 0 Å². The van der Waals surface area contributed by atoms with Crippen LogP contribution in [0.1, 0.15) is 23.6 Å². The molecule has 1 atom stereocenters. The summed E-state index contributed by atoms with van der Waals surface area (Å²) >= 11 is 0. The number of benzene rings is 1. The molecule has 1 N–H and O–H groups in total. The maximum Gasteiger partial charge on any atom is 0.390 e. The smallest absolute Gasteiger partial charge is 0.314 e. The van der Waals surface area contributed by atoms with Gasteiger partial charge in [-0.05, 0) is 24.1 Å². The van der Waals surface area contributed by atoms with Crippen LogP contribution >= 0.6 is 12.4 Å². The molecule has 7 heteroatoms. The molecule has 21 heavy (non-hydrogen) atoms. The van der Waals surface area contributed by atoms with Crippen molar-refractivity contribution in [2.75, 3.05) is 26.2 Å². The predicted octanol–water partition coefficient (Wildman–Crippen LogP) is 3.45. The van der Waals surface area contributed by atoms with Gasteiger partial charge in [0, 0.05) is 32.2 Å². The number of nitrogens with one attached hydrogen (secondary N) is 1. The Labute approximate surface area is 127 Å². The second-order valence-corrected chi connectivity index (χ2v) is 5.08. The van der Waals surface area contributed by atoms with Crippen molar-refractivity contribution in [3.05, 3.63) is 35.1 Å². The van der Waals surface area contributed by atoms with Gasteiger partial charge < -0.3 is 5.32 Å². The molecule has 2 rings (SSSR count). The van der Waals surface area contributed by atoms with Gasteiger partial charge in [0.1, 0.15) is 5.82 Å². The second-order valence-electron chi connectivity index (χ2n) is 5.08. The molecule has 0 unspecified atom stereocenters. The maximum atomic E-state index is 13.6. The number of alkyl halides is 3. The lowest BCUT2D eigenvalue weighted by Gasteiger charge is -2.36. The highest BCUT2D eigenvalue weighted by atomic mass is 35.5. The van der Waals surface area contributed by atoms with Gasteiger partial charge in [-0.25, -0.2) is 4.39 Å². The van der Waals surface area contributed by atoms with Gasteiger partial charge in [0.25, 0.3) is 0 Å². The normalized spacial score (nSPS) is 18.1. The van der Waals surface area contributed by atoms with E-state index in [9.17, 15) is 17.6 Å². The quantitative estimate of drug-likeness (QED) is 0.856. The summed E-state index contributed by atoms with van der Waals surface area (Å²) in [6.07, 6.45) is -5.22. The summed E-state index contributed by atoms with van der Waals surface area (Å²) in [5.74, 6) is -0.454. The van der Waals surface area contributed by atoms with E-state index < -0.39 is 24.5 Å². The van der Waals surface area contributed by atoms with Gasteiger partial charge >= 0.3 is 6.18 Å². The van der Waals surface area contributed by atoms with E-state index >= 15 is 0 Å². The second kappa shape index (κ2) is 7.42. The minimum atomic E-state index is -4.27. The molecule has 1 aromatic rings. The summed E-state index contributed by atoms with van der Waals surface area (Å²) in [6.45, 7) is 3.93. The largest absolute Gasteiger partial charge is 0.390 e. The number of hydrogen-bond acceptors (Lipinski definition) is 2. The van der Waals surface area contributed by atoms with Crippen molar-refractivity contribution in [3.8, 4) is 0 Å². The first-order valence-electron chi connectivity index (χ1n) is 6.65. The Hall–Kier alpha value is -0.850. The van der Waals surface area contributed by atoms with Gasteiger partial charge in [-0.1, -0.05) is 12.1 Å². The van der Waals surface area contributed by atoms with E-state index in [1.807, 2.05) is 0 Å². The Bertz CT molecular complexity index is 459. The van der Waals surface area contributed by atoms with Crippen LogP contribution in [0.2, 0.25) is 0 Å². The SMILES string of the molecule is Cc1c(F)cccc1[C@@H](CC(F)(F)F)N1CCNCC1.Cl. The van der Waals surface area contributed by atoms with E-state index in [0.29, 0.717) is 37.3 Å². The summed E-state index contributed by atoms with van der Waals surface area (Å²) in [4.78, 5) is 1.78. The Morgan fingerprint density at radius 2 is 1.86 bits per heavy atom. The minimum Gasteiger partial charge on any atom is -0.314 e. The highest BCUT2D eigenvalue weighted by Crippen LogP contribution is 2.35.